The van der Waals surface area contributed by atoms with Gasteiger partial charge in [-0.25, -0.2) is 18.7 Å². The van der Waals surface area contributed by atoms with Crippen molar-refractivity contribution in [2.24, 2.45) is 7.05 Å². The second-order valence-electron chi connectivity index (χ2n) is 8.52. The molecule has 0 bridgehead atoms. The number of aromatic nitrogens is 4. The van der Waals surface area contributed by atoms with Crippen LogP contribution in [0.15, 0.2) is 55.0 Å². The summed E-state index contributed by atoms with van der Waals surface area (Å²) in [6, 6.07) is 8.13. The van der Waals surface area contributed by atoms with E-state index in [0.29, 0.717) is 35.8 Å². The first-order chi connectivity index (χ1) is 17.0. The van der Waals surface area contributed by atoms with Crippen LogP contribution in [0.4, 0.5) is 14.7 Å². The van der Waals surface area contributed by atoms with Gasteiger partial charge >= 0.3 is 0 Å². The third kappa shape index (κ3) is 5.12. The maximum Gasteiger partial charge on any atom is 0.252 e. The van der Waals surface area contributed by atoms with Gasteiger partial charge in [0, 0.05) is 49.8 Å². The molecule has 35 heavy (non-hydrogen) atoms. The number of benzene rings is 2. The van der Waals surface area contributed by atoms with Crippen LogP contribution in [-0.4, -0.2) is 44.9 Å². The number of ether oxygens (including phenoxy) is 1. The number of nitrogens with zero attached hydrogens (tertiary/aromatic N) is 4. The standard InChI is InChI=1S/C25H24F2N6O2/c1-33-14-17(12-29-33)23(15-3-2-4-18(26)9-15)32-24(34)16-10-21(27)20-13-28-25(31-22(20)11-16)30-19-5-7-35-8-6-19/h2-4,9-14,19,23H,5-8H2,1H3,(H,32,34)(H,28,30,31). The summed E-state index contributed by atoms with van der Waals surface area (Å²) in [7, 11) is 1.75. The monoisotopic (exact) mass is 478 g/mol. The van der Waals surface area contributed by atoms with Crippen LogP contribution in [-0.2, 0) is 11.8 Å². The molecule has 1 atom stereocenters. The van der Waals surface area contributed by atoms with Gasteiger partial charge in [-0.15, -0.1) is 0 Å². The van der Waals surface area contributed by atoms with Gasteiger partial charge < -0.3 is 15.4 Å². The maximum absolute atomic E-state index is 14.9. The van der Waals surface area contributed by atoms with Crippen molar-refractivity contribution in [1.29, 1.82) is 0 Å². The smallest absolute Gasteiger partial charge is 0.252 e. The Morgan fingerprint density at radius 2 is 1.97 bits per heavy atom. The van der Waals surface area contributed by atoms with Crippen molar-refractivity contribution in [3.05, 3.63) is 83.3 Å². The van der Waals surface area contributed by atoms with E-state index in [-0.39, 0.29) is 17.0 Å². The zero-order valence-electron chi connectivity index (χ0n) is 19.0. The molecule has 2 aromatic carbocycles. The van der Waals surface area contributed by atoms with Crippen LogP contribution < -0.4 is 10.6 Å². The minimum Gasteiger partial charge on any atom is -0.381 e. The predicted octanol–water partition coefficient (Wildman–Crippen LogP) is 3.75. The molecule has 8 nitrogen and oxygen atoms in total. The lowest BCUT2D eigenvalue weighted by atomic mass is 10.0. The van der Waals surface area contributed by atoms with E-state index in [9.17, 15) is 13.6 Å². The average molecular weight is 479 g/mol. The number of carbonyl (C=O) groups is 1. The van der Waals surface area contributed by atoms with Crippen LogP contribution in [0.2, 0.25) is 0 Å². The van der Waals surface area contributed by atoms with Gasteiger partial charge in [0.25, 0.3) is 5.91 Å². The fraction of sp³-hybridized carbons (Fsp3) is 0.280. The summed E-state index contributed by atoms with van der Waals surface area (Å²) in [5.74, 6) is -1.19. The normalized spacial score (nSPS) is 15.2. The Bertz CT molecular complexity index is 1370. The Morgan fingerprint density at radius 1 is 1.14 bits per heavy atom. The fourth-order valence-electron chi connectivity index (χ4n) is 4.17. The van der Waals surface area contributed by atoms with Crippen LogP contribution in [0.3, 0.4) is 0 Å². The number of hydrogen-bond acceptors (Lipinski definition) is 6. The average Bonchev–Trinajstić information content (AvgIpc) is 3.28. The van der Waals surface area contributed by atoms with Crippen LogP contribution >= 0.6 is 0 Å². The van der Waals surface area contributed by atoms with Crippen LogP contribution in [0, 0.1) is 11.6 Å². The highest BCUT2D eigenvalue weighted by Gasteiger charge is 2.22. The number of nitrogens with one attached hydrogen (secondary N) is 2. The molecular formula is C25H24F2N6O2. The maximum atomic E-state index is 14.9. The van der Waals surface area contributed by atoms with E-state index in [1.54, 1.807) is 36.3 Å². The summed E-state index contributed by atoms with van der Waals surface area (Å²) < 4.78 is 35.8. The molecule has 2 aromatic heterocycles. The topological polar surface area (TPSA) is 94.0 Å². The molecule has 10 heteroatoms. The third-order valence-corrected chi connectivity index (χ3v) is 5.98. The van der Waals surface area contributed by atoms with E-state index < -0.39 is 23.6 Å². The highest BCUT2D eigenvalue weighted by molar-refractivity contribution is 5.98. The van der Waals surface area contributed by atoms with E-state index >= 15 is 0 Å². The molecule has 5 rings (SSSR count). The Labute approximate surface area is 200 Å². The number of carbonyl (C=O) groups excluding carboxylic acids is 1. The van der Waals surface area contributed by atoms with E-state index in [0.717, 1.165) is 18.9 Å². The summed E-state index contributed by atoms with van der Waals surface area (Å²) in [5.41, 5.74) is 1.61. The lowest BCUT2D eigenvalue weighted by Gasteiger charge is -2.23. The summed E-state index contributed by atoms with van der Waals surface area (Å²) in [6.07, 6.45) is 6.39. The molecule has 1 aliphatic heterocycles. The molecule has 1 aliphatic rings. The van der Waals surface area contributed by atoms with Crippen molar-refractivity contribution in [1.82, 2.24) is 25.1 Å². The van der Waals surface area contributed by atoms with Crippen molar-refractivity contribution in [3.8, 4) is 0 Å². The summed E-state index contributed by atoms with van der Waals surface area (Å²) in [4.78, 5) is 21.9. The third-order valence-electron chi connectivity index (χ3n) is 5.98. The molecular weight excluding hydrogens is 454 g/mol. The predicted molar refractivity (Wildman–Crippen MR) is 126 cm³/mol. The first kappa shape index (κ1) is 22.9. The fourth-order valence-corrected chi connectivity index (χ4v) is 4.17. The first-order valence-electron chi connectivity index (χ1n) is 11.3. The highest BCUT2D eigenvalue weighted by Crippen LogP contribution is 2.25. The van der Waals surface area contributed by atoms with Crippen LogP contribution in [0.1, 0.15) is 40.4 Å². The number of amides is 1. The molecule has 2 N–H and O–H groups in total. The van der Waals surface area contributed by atoms with Gasteiger partial charge in [-0.3, -0.25) is 9.48 Å². The van der Waals surface area contributed by atoms with Gasteiger partial charge in [-0.05, 0) is 42.7 Å². The molecule has 0 saturated carbocycles. The van der Waals surface area contributed by atoms with Gasteiger partial charge in [0.2, 0.25) is 5.95 Å². The number of aryl methyl sites for hydroxylation is 1. The van der Waals surface area contributed by atoms with Crippen molar-refractivity contribution >= 4 is 22.8 Å². The molecule has 0 aliphatic carbocycles. The largest absolute Gasteiger partial charge is 0.381 e. The van der Waals surface area contributed by atoms with Gasteiger partial charge in [-0.1, -0.05) is 12.1 Å². The SMILES string of the molecule is Cn1cc(C(NC(=O)c2cc(F)c3cnc(NC4CCOCC4)nc3c2)c2cccc(F)c2)cn1. The van der Waals surface area contributed by atoms with Crippen LogP contribution in [0.5, 0.6) is 0 Å². The molecule has 1 fully saturated rings. The second-order valence-corrected chi connectivity index (χ2v) is 8.52. The Hall–Kier alpha value is -3.92. The van der Waals surface area contributed by atoms with Gasteiger partial charge in [-0.2, -0.15) is 5.10 Å². The van der Waals surface area contributed by atoms with E-state index in [4.69, 9.17) is 4.74 Å². The van der Waals surface area contributed by atoms with Crippen molar-refractivity contribution in [3.63, 3.8) is 0 Å². The molecule has 180 valence electrons. The Kier molecular flexibility index (Phi) is 6.37. The molecule has 3 heterocycles. The van der Waals surface area contributed by atoms with E-state index in [1.807, 2.05) is 0 Å². The minimum absolute atomic E-state index is 0.0935. The zero-order chi connectivity index (χ0) is 24.4. The quantitative estimate of drug-likeness (QED) is 0.438. The number of rotatable bonds is 6. The summed E-state index contributed by atoms with van der Waals surface area (Å²) in [6.45, 7) is 1.32. The first-order valence-corrected chi connectivity index (χ1v) is 11.3. The Balaban J connectivity index is 1.44. The number of hydrogen-bond donors (Lipinski definition) is 2. The summed E-state index contributed by atoms with van der Waals surface area (Å²) in [5, 5.41) is 10.5. The van der Waals surface area contributed by atoms with Crippen molar-refractivity contribution < 1.29 is 18.3 Å². The van der Waals surface area contributed by atoms with Crippen LogP contribution in [0.25, 0.3) is 10.9 Å². The molecule has 1 amide bonds. The Morgan fingerprint density at radius 3 is 2.71 bits per heavy atom. The van der Waals surface area contributed by atoms with Crippen molar-refractivity contribution in [2.45, 2.75) is 24.9 Å². The molecule has 4 aromatic rings. The molecule has 1 unspecified atom stereocenters. The van der Waals surface area contributed by atoms with Gasteiger partial charge in [0.15, 0.2) is 0 Å². The lowest BCUT2D eigenvalue weighted by Crippen LogP contribution is -2.29. The number of fused-ring (bicyclic) bond motifs is 1. The number of halogens is 2. The molecule has 1 saturated heterocycles. The zero-order valence-corrected chi connectivity index (χ0v) is 19.0. The number of anilines is 1. The van der Waals surface area contributed by atoms with Gasteiger partial charge in [0.05, 0.1) is 23.1 Å². The molecule has 0 radical (unpaired) electrons. The molecule has 0 spiro atoms. The van der Waals surface area contributed by atoms with E-state index in [1.165, 1.54) is 24.4 Å². The highest BCUT2D eigenvalue weighted by atomic mass is 19.1. The van der Waals surface area contributed by atoms with Gasteiger partial charge in [0.1, 0.15) is 11.6 Å². The van der Waals surface area contributed by atoms with Crippen molar-refractivity contribution in [2.75, 3.05) is 18.5 Å². The lowest BCUT2D eigenvalue weighted by molar-refractivity contribution is 0.0903. The summed E-state index contributed by atoms with van der Waals surface area (Å²) >= 11 is 0. The second kappa shape index (κ2) is 9.75. The van der Waals surface area contributed by atoms with E-state index in [2.05, 4.69) is 25.7 Å². The minimum atomic E-state index is -0.679.